The average Bonchev–Trinajstić information content (AvgIpc) is 2.64. The summed E-state index contributed by atoms with van der Waals surface area (Å²) in [5.74, 6) is 1.73. The number of hydrogen-bond acceptors (Lipinski definition) is 3. The Hall–Kier alpha value is -2.04. The third-order valence-corrected chi connectivity index (χ3v) is 5.60. The first-order valence-corrected chi connectivity index (χ1v) is 9.54. The van der Waals surface area contributed by atoms with E-state index in [1.54, 1.807) is 0 Å². The Kier molecular flexibility index (Phi) is 6.40. The fourth-order valence-electron chi connectivity index (χ4n) is 3.58. The summed E-state index contributed by atoms with van der Waals surface area (Å²) in [6, 6.07) is 14.9. The molecule has 2 aromatic carbocycles. The van der Waals surface area contributed by atoms with Gasteiger partial charge in [0.25, 0.3) is 0 Å². The summed E-state index contributed by atoms with van der Waals surface area (Å²) in [6.45, 7) is 5.33. The number of ether oxygens (including phenoxy) is 1. The van der Waals surface area contributed by atoms with Crippen molar-refractivity contribution in [2.45, 2.75) is 26.3 Å². The molecule has 2 aromatic rings. The maximum absolute atomic E-state index is 12.2. The summed E-state index contributed by atoms with van der Waals surface area (Å²) in [5, 5.41) is 6.29. The third-order valence-electron chi connectivity index (χ3n) is 5.60. The molecule has 0 radical (unpaired) electrons. The van der Waals surface area contributed by atoms with Crippen LogP contribution in [0.1, 0.15) is 24.5 Å². The molecule has 0 saturated carbocycles. The monoisotopic (exact) mass is 386 g/mol. The number of carbonyl (C=O) groups excluding carboxylic acids is 1. The van der Waals surface area contributed by atoms with Crippen LogP contribution in [0.15, 0.2) is 42.5 Å². The minimum Gasteiger partial charge on any atom is -0.493 e. The zero-order valence-corrected chi connectivity index (χ0v) is 16.5. The van der Waals surface area contributed by atoms with Crippen LogP contribution < -0.4 is 15.4 Å². The number of amides is 1. The lowest BCUT2D eigenvalue weighted by Crippen LogP contribution is -2.49. The van der Waals surface area contributed by atoms with Crippen LogP contribution in [-0.2, 0) is 17.8 Å². The number of fused-ring (bicyclic) bond motifs is 1. The normalized spacial score (nSPS) is 16.9. The quantitative estimate of drug-likeness (QED) is 0.825. The van der Waals surface area contributed by atoms with Crippen molar-refractivity contribution in [3.05, 3.63) is 53.6 Å². The molecular formula is C22H27ClN2O2. The highest BCUT2D eigenvalue weighted by atomic mass is 35.5. The molecule has 1 saturated heterocycles. The first-order chi connectivity index (χ1) is 12.7. The molecule has 144 valence electrons. The van der Waals surface area contributed by atoms with Gasteiger partial charge in [-0.25, -0.2) is 0 Å². The first kappa shape index (κ1) is 19.7. The predicted molar refractivity (Wildman–Crippen MR) is 110 cm³/mol. The smallest absolute Gasteiger partial charge is 0.223 e. The Morgan fingerprint density at radius 1 is 1.19 bits per heavy atom. The number of aryl methyl sites for hydroxylation is 1. The van der Waals surface area contributed by atoms with Crippen LogP contribution in [0.3, 0.4) is 0 Å². The van der Waals surface area contributed by atoms with Gasteiger partial charge in [0.15, 0.2) is 0 Å². The van der Waals surface area contributed by atoms with E-state index in [0.717, 1.165) is 43.9 Å². The van der Waals surface area contributed by atoms with Crippen LogP contribution in [-0.4, -0.2) is 25.6 Å². The molecule has 0 bridgehead atoms. The van der Waals surface area contributed by atoms with E-state index in [0.29, 0.717) is 12.5 Å². The van der Waals surface area contributed by atoms with E-state index in [1.165, 1.54) is 16.7 Å². The Morgan fingerprint density at radius 3 is 2.63 bits per heavy atom. The van der Waals surface area contributed by atoms with Gasteiger partial charge >= 0.3 is 0 Å². The van der Waals surface area contributed by atoms with Crippen molar-refractivity contribution in [2.75, 3.05) is 19.7 Å². The lowest BCUT2D eigenvalue weighted by molar-refractivity contribution is -0.126. The minimum absolute atomic E-state index is 0. The molecule has 0 spiro atoms. The van der Waals surface area contributed by atoms with Crippen LogP contribution in [0.5, 0.6) is 5.75 Å². The second kappa shape index (κ2) is 8.77. The van der Waals surface area contributed by atoms with Gasteiger partial charge in [-0.05, 0) is 66.2 Å². The van der Waals surface area contributed by atoms with Crippen molar-refractivity contribution in [2.24, 2.45) is 11.8 Å². The fourth-order valence-corrected chi connectivity index (χ4v) is 3.58. The van der Waals surface area contributed by atoms with E-state index in [9.17, 15) is 4.79 Å². The van der Waals surface area contributed by atoms with Crippen LogP contribution in [0.25, 0.3) is 11.1 Å². The average molecular weight is 387 g/mol. The number of rotatable bonds is 5. The van der Waals surface area contributed by atoms with Crippen molar-refractivity contribution < 1.29 is 9.53 Å². The number of carbonyl (C=O) groups is 1. The molecule has 1 atom stereocenters. The maximum Gasteiger partial charge on any atom is 0.223 e. The summed E-state index contributed by atoms with van der Waals surface area (Å²) in [5.41, 5.74) is 4.84. The van der Waals surface area contributed by atoms with E-state index in [2.05, 4.69) is 53.1 Å². The summed E-state index contributed by atoms with van der Waals surface area (Å²) < 4.78 is 5.69. The zero-order chi connectivity index (χ0) is 17.9. The fraction of sp³-hybridized carbons (Fsp3) is 0.409. The van der Waals surface area contributed by atoms with Gasteiger partial charge in [-0.3, -0.25) is 4.79 Å². The topological polar surface area (TPSA) is 50.4 Å². The van der Waals surface area contributed by atoms with Gasteiger partial charge in [-0.15, -0.1) is 12.4 Å². The molecule has 1 unspecified atom stereocenters. The SMILES string of the molecule is CC(C(=O)NCc1ccc(-c2ccc3c(c2)CCCO3)cc1)C1CNC1.Cl. The van der Waals surface area contributed by atoms with Gasteiger partial charge in [0.05, 0.1) is 6.61 Å². The molecule has 4 nitrogen and oxygen atoms in total. The third kappa shape index (κ3) is 4.45. The van der Waals surface area contributed by atoms with Gasteiger partial charge in [0, 0.05) is 12.5 Å². The highest BCUT2D eigenvalue weighted by Gasteiger charge is 2.28. The van der Waals surface area contributed by atoms with Crippen molar-refractivity contribution >= 4 is 18.3 Å². The largest absolute Gasteiger partial charge is 0.493 e. The molecule has 2 aliphatic heterocycles. The first-order valence-electron chi connectivity index (χ1n) is 9.54. The van der Waals surface area contributed by atoms with E-state index in [-0.39, 0.29) is 24.2 Å². The molecule has 0 aromatic heterocycles. The number of hydrogen-bond donors (Lipinski definition) is 2. The van der Waals surface area contributed by atoms with Gasteiger partial charge in [-0.1, -0.05) is 37.3 Å². The zero-order valence-electron chi connectivity index (χ0n) is 15.7. The van der Waals surface area contributed by atoms with Crippen molar-refractivity contribution in [1.29, 1.82) is 0 Å². The molecule has 0 aliphatic carbocycles. The van der Waals surface area contributed by atoms with Crippen LogP contribution >= 0.6 is 12.4 Å². The Labute approximate surface area is 167 Å². The van der Waals surface area contributed by atoms with Crippen molar-refractivity contribution in [3.63, 3.8) is 0 Å². The molecule has 1 amide bonds. The molecule has 27 heavy (non-hydrogen) atoms. The highest BCUT2D eigenvalue weighted by Crippen LogP contribution is 2.30. The Morgan fingerprint density at radius 2 is 1.93 bits per heavy atom. The molecule has 1 fully saturated rings. The molecule has 5 heteroatoms. The van der Waals surface area contributed by atoms with Crippen molar-refractivity contribution in [3.8, 4) is 16.9 Å². The molecule has 2 N–H and O–H groups in total. The molecule has 4 rings (SSSR count). The number of halogens is 1. The molecule has 2 heterocycles. The van der Waals surface area contributed by atoms with Gasteiger partial charge in [-0.2, -0.15) is 0 Å². The van der Waals surface area contributed by atoms with Crippen LogP contribution in [0.2, 0.25) is 0 Å². The summed E-state index contributed by atoms with van der Waals surface area (Å²) in [7, 11) is 0. The lowest BCUT2D eigenvalue weighted by atomic mass is 9.88. The van der Waals surface area contributed by atoms with Gasteiger partial charge < -0.3 is 15.4 Å². The second-order valence-electron chi connectivity index (χ2n) is 7.40. The Bertz CT molecular complexity index is 787. The molecular weight excluding hydrogens is 360 g/mol. The van der Waals surface area contributed by atoms with Crippen LogP contribution in [0, 0.1) is 11.8 Å². The van der Waals surface area contributed by atoms with Gasteiger partial charge in [0.2, 0.25) is 5.91 Å². The molecule has 2 aliphatic rings. The second-order valence-corrected chi connectivity index (χ2v) is 7.40. The number of nitrogens with one attached hydrogen (secondary N) is 2. The van der Waals surface area contributed by atoms with E-state index in [1.807, 2.05) is 6.92 Å². The van der Waals surface area contributed by atoms with Gasteiger partial charge in [0.1, 0.15) is 5.75 Å². The maximum atomic E-state index is 12.2. The highest BCUT2D eigenvalue weighted by molar-refractivity contribution is 5.85. The van der Waals surface area contributed by atoms with Crippen molar-refractivity contribution in [1.82, 2.24) is 10.6 Å². The summed E-state index contributed by atoms with van der Waals surface area (Å²) in [4.78, 5) is 12.2. The minimum atomic E-state index is 0. The summed E-state index contributed by atoms with van der Waals surface area (Å²) >= 11 is 0. The van der Waals surface area contributed by atoms with E-state index >= 15 is 0 Å². The van der Waals surface area contributed by atoms with E-state index < -0.39 is 0 Å². The standard InChI is InChI=1S/C22H26N2O2.ClH/c1-15(20-13-23-14-20)22(25)24-12-16-4-6-17(7-5-16)18-8-9-21-19(11-18)3-2-10-26-21;/h4-9,11,15,20,23H,2-3,10,12-14H2,1H3,(H,24,25);1H. The van der Waals surface area contributed by atoms with Crippen LogP contribution in [0.4, 0.5) is 0 Å². The lowest BCUT2D eigenvalue weighted by Gasteiger charge is -2.31. The van der Waals surface area contributed by atoms with E-state index in [4.69, 9.17) is 4.74 Å². The predicted octanol–water partition coefficient (Wildman–Crippen LogP) is 3.57. The number of benzene rings is 2. The summed E-state index contributed by atoms with van der Waals surface area (Å²) in [6.07, 6.45) is 2.17. The Balaban J connectivity index is 0.00000210.